The zero-order valence-corrected chi connectivity index (χ0v) is 17.0. The summed E-state index contributed by atoms with van der Waals surface area (Å²) in [6.07, 6.45) is -1.23. The number of nitrogens with zero attached hydrogens (tertiary/aromatic N) is 2. The Morgan fingerprint density at radius 3 is 2.37 bits per heavy atom. The summed E-state index contributed by atoms with van der Waals surface area (Å²) in [6, 6.07) is 11.6. The highest BCUT2D eigenvalue weighted by Crippen LogP contribution is 2.32. The largest absolute Gasteiger partial charge is 0.494 e. The van der Waals surface area contributed by atoms with Crippen molar-refractivity contribution in [3.8, 4) is 5.75 Å². The lowest BCUT2D eigenvalue weighted by Crippen LogP contribution is -2.30. The molecular formula is C22H19F3N2O2S. The summed E-state index contributed by atoms with van der Waals surface area (Å²) in [4.78, 5) is 18.9. The van der Waals surface area contributed by atoms with Crippen molar-refractivity contribution in [2.24, 2.45) is 4.99 Å². The molecule has 0 aromatic heterocycles. The highest BCUT2D eigenvalue weighted by Gasteiger charge is 2.32. The van der Waals surface area contributed by atoms with Crippen molar-refractivity contribution in [1.29, 1.82) is 0 Å². The lowest BCUT2D eigenvalue weighted by molar-refractivity contribution is -0.137. The maximum Gasteiger partial charge on any atom is 0.416 e. The number of amides is 1. The van der Waals surface area contributed by atoms with Gasteiger partial charge in [0.15, 0.2) is 5.17 Å². The molecule has 30 heavy (non-hydrogen) atoms. The second-order valence-corrected chi connectivity index (χ2v) is 7.20. The van der Waals surface area contributed by atoms with Gasteiger partial charge in [-0.3, -0.25) is 9.69 Å². The fourth-order valence-electron chi connectivity index (χ4n) is 2.74. The van der Waals surface area contributed by atoms with E-state index in [1.807, 2.05) is 6.92 Å². The van der Waals surface area contributed by atoms with Crippen LogP contribution in [0, 0.1) is 0 Å². The smallest absolute Gasteiger partial charge is 0.416 e. The molecule has 0 spiro atoms. The molecule has 0 saturated heterocycles. The normalized spacial score (nSPS) is 15.5. The van der Waals surface area contributed by atoms with Gasteiger partial charge in [-0.1, -0.05) is 30.0 Å². The summed E-state index contributed by atoms with van der Waals surface area (Å²) < 4.78 is 43.7. The van der Waals surface area contributed by atoms with E-state index < -0.39 is 11.7 Å². The minimum absolute atomic E-state index is 0.148. The summed E-state index contributed by atoms with van der Waals surface area (Å²) in [5, 5.41) is 0.474. The number of thioether (sulfide) groups is 1. The van der Waals surface area contributed by atoms with Gasteiger partial charge in [-0.15, -0.1) is 6.58 Å². The number of benzene rings is 2. The van der Waals surface area contributed by atoms with Crippen molar-refractivity contribution in [2.75, 3.05) is 17.3 Å². The molecule has 2 aromatic carbocycles. The van der Waals surface area contributed by atoms with E-state index in [4.69, 9.17) is 4.74 Å². The molecule has 156 valence electrons. The molecule has 0 radical (unpaired) electrons. The van der Waals surface area contributed by atoms with Gasteiger partial charge in [-0.05, 0) is 55.0 Å². The number of carbonyl (C=O) groups excluding carboxylic acids is 1. The third kappa shape index (κ3) is 4.94. The number of hydrogen-bond acceptors (Lipinski definition) is 4. The molecule has 0 N–H and O–H groups in total. The quantitative estimate of drug-likeness (QED) is 0.430. The molecule has 0 atom stereocenters. The van der Waals surface area contributed by atoms with E-state index in [9.17, 15) is 18.0 Å². The summed E-state index contributed by atoms with van der Waals surface area (Å²) in [5.74, 6) is 0.879. The second kappa shape index (κ2) is 9.21. The molecule has 0 aliphatic carbocycles. The maximum atomic E-state index is 13.0. The van der Waals surface area contributed by atoms with E-state index in [2.05, 4.69) is 11.6 Å². The number of halogens is 3. The second-order valence-electron chi connectivity index (χ2n) is 6.21. The molecule has 3 rings (SSSR count). The Hall–Kier alpha value is -3.00. The first kappa shape index (κ1) is 21.7. The highest BCUT2D eigenvalue weighted by molar-refractivity contribution is 8.14. The predicted molar refractivity (Wildman–Crippen MR) is 115 cm³/mol. The average Bonchev–Trinajstić information content (AvgIpc) is 3.02. The van der Waals surface area contributed by atoms with Crippen LogP contribution in [0.5, 0.6) is 5.75 Å². The van der Waals surface area contributed by atoms with Crippen LogP contribution in [0.4, 0.5) is 18.9 Å². The summed E-state index contributed by atoms with van der Waals surface area (Å²) in [6.45, 7) is 6.10. The van der Waals surface area contributed by atoms with Crippen LogP contribution in [-0.4, -0.2) is 23.4 Å². The first-order valence-corrected chi connectivity index (χ1v) is 10.1. The molecule has 0 bridgehead atoms. The van der Waals surface area contributed by atoms with Crippen molar-refractivity contribution < 1.29 is 22.7 Å². The summed E-state index contributed by atoms with van der Waals surface area (Å²) >= 11 is 1.34. The van der Waals surface area contributed by atoms with E-state index in [1.54, 1.807) is 30.3 Å². The van der Waals surface area contributed by atoms with Crippen LogP contribution in [0.15, 0.2) is 71.9 Å². The average molecular weight is 432 g/mol. The van der Waals surface area contributed by atoms with Crippen molar-refractivity contribution in [2.45, 2.75) is 13.1 Å². The van der Waals surface area contributed by atoms with Gasteiger partial charge in [-0.2, -0.15) is 13.2 Å². The Kier molecular flexibility index (Phi) is 6.66. The van der Waals surface area contributed by atoms with E-state index in [-0.39, 0.29) is 11.6 Å². The maximum absolute atomic E-state index is 13.0. The Balaban J connectivity index is 1.90. The molecule has 1 heterocycles. The van der Waals surface area contributed by atoms with Crippen LogP contribution < -0.4 is 9.64 Å². The van der Waals surface area contributed by atoms with E-state index in [1.165, 1.54) is 34.9 Å². The molecule has 1 aliphatic heterocycles. The van der Waals surface area contributed by atoms with Crippen LogP contribution in [0.2, 0.25) is 0 Å². The van der Waals surface area contributed by atoms with Crippen LogP contribution in [0.25, 0.3) is 6.08 Å². The molecular weight excluding hydrogens is 413 g/mol. The SMILES string of the molecule is C=CCSC1=N/C(=C/c2ccc(C(F)(F)F)cc2)C(=O)N1c1ccc(OCC)cc1. The van der Waals surface area contributed by atoms with Gasteiger partial charge in [0.2, 0.25) is 0 Å². The summed E-state index contributed by atoms with van der Waals surface area (Å²) in [5.41, 5.74) is 0.477. The number of rotatable bonds is 6. The molecule has 4 nitrogen and oxygen atoms in total. The van der Waals surface area contributed by atoms with Crippen molar-refractivity contribution in [3.05, 3.63) is 78.0 Å². The lowest BCUT2D eigenvalue weighted by Gasteiger charge is -2.17. The molecule has 1 amide bonds. The van der Waals surface area contributed by atoms with Gasteiger partial charge in [0.1, 0.15) is 11.4 Å². The zero-order valence-electron chi connectivity index (χ0n) is 16.1. The molecule has 2 aromatic rings. The lowest BCUT2D eigenvalue weighted by atomic mass is 10.1. The minimum atomic E-state index is -4.41. The van der Waals surface area contributed by atoms with Gasteiger partial charge in [0.05, 0.1) is 17.9 Å². The van der Waals surface area contributed by atoms with Crippen LogP contribution in [0.1, 0.15) is 18.1 Å². The number of carbonyl (C=O) groups is 1. The Morgan fingerprint density at radius 1 is 1.13 bits per heavy atom. The molecule has 8 heteroatoms. The molecule has 1 aliphatic rings. The summed E-state index contributed by atoms with van der Waals surface area (Å²) in [7, 11) is 0. The number of amidine groups is 1. The third-order valence-corrected chi connectivity index (χ3v) is 5.04. The number of hydrogen-bond donors (Lipinski definition) is 0. The Morgan fingerprint density at radius 2 is 1.80 bits per heavy atom. The van der Waals surface area contributed by atoms with E-state index in [0.29, 0.717) is 34.5 Å². The van der Waals surface area contributed by atoms with Gasteiger partial charge >= 0.3 is 6.18 Å². The minimum Gasteiger partial charge on any atom is -0.494 e. The van der Waals surface area contributed by atoms with Crippen LogP contribution >= 0.6 is 11.8 Å². The number of ether oxygens (including phenoxy) is 1. The standard InChI is InChI=1S/C22H19F3N2O2S/c1-3-13-30-21-26-19(14-15-5-7-16(8-6-15)22(23,24)25)20(28)27(21)17-9-11-18(12-10-17)29-4-2/h3,5-12,14H,1,4,13H2,2H3/b19-14+. The Labute approximate surface area is 176 Å². The van der Waals surface area contributed by atoms with Gasteiger partial charge in [-0.25, -0.2) is 4.99 Å². The van der Waals surface area contributed by atoms with Gasteiger partial charge in [0.25, 0.3) is 5.91 Å². The molecule has 0 saturated carbocycles. The number of alkyl halides is 3. The van der Waals surface area contributed by atoms with E-state index in [0.717, 1.165) is 12.1 Å². The number of aliphatic imine (C=N–C) groups is 1. The van der Waals surface area contributed by atoms with Crippen molar-refractivity contribution in [3.63, 3.8) is 0 Å². The monoisotopic (exact) mass is 432 g/mol. The fraction of sp³-hybridized carbons (Fsp3) is 0.182. The van der Waals surface area contributed by atoms with Crippen LogP contribution in [0.3, 0.4) is 0 Å². The predicted octanol–water partition coefficient (Wildman–Crippen LogP) is 5.77. The van der Waals surface area contributed by atoms with Gasteiger partial charge in [0, 0.05) is 5.75 Å². The highest BCUT2D eigenvalue weighted by atomic mass is 32.2. The van der Waals surface area contributed by atoms with Crippen molar-refractivity contribution >= 4 is 34.6 Å². The molecule has 0 unspecified atom stereocenters. The third-order valence-electron chi connectivity index (χ3n) is 4.11. The molecule has 0 fully saturated rings. The first-order chi connectivity index (χ1) is 14.3. The Bertz CT molecular complexity index is 981. The van der Waals surface area contributed by atoms with Crippen LogP contribution in [-0.2, 0) is 11.0 Å². The first-order valence-electron chi connectivity index (χ1n) is 9.12. The van der Waals surface area contributed by atoms with Gasteiger partial charge < -0.3 is 4.74 Å². The van der Waals surface area contributed by atoms with E-state index >= 15 is 0 Å². The zero-order chi connectivity index (χ0) is 21.7. The topological polar surface area (TPSA) is 41.9 Å². The fourth-order valence-corrected chi connectivity index (χ4v) is 3.49. The number of anilines is 1. The van der Waals surface area contributed by atoms with Crippen molar-refractivity contribution in [1.82, 2.24) is 0 Å².